The fraction of sp³-hybridized carbons (Fsp3) is 0.565. The lowest BCUT2D eigenvalue weighted by molar-refractivity contribution is -0.154. The summed E-state index contributed by atoms with van der Waals surface area (Å²) >= 11 is 12.3. The van der Waals surface area contributed by atoms with Crippen LogP contribution in [0.2, 0.25) is 10.0 Å². The molecule has 2 aliphatic rings. The molecule has 1 aromatic carbocycles. The zero-order valence-electron chi connectivity index (χ0n) is 18.1. The minimum Gasteiger partial charge on any atom is -0.454 e. The number of carbonyl (C=O) groups is 4. The van der Waals surface area contributed by atoms with E-state index in [4.69, 9.17) is 27.9 Å². The minimum absolute atomic E-state index is 0.00685. The van der Waals surface area contributed by atoms with Crippen LogP contribution in [-0.4, -0.2) is 48.3 Å². The molecule has 7 nitrogen and oxygen atoms in total. The van der Waals surface area contributed by atoms with Gasteiger partial charge in [0.2, 0.25) is 11.8 Å². The largest absolute Gasteiger partial charge is 0.454 e. The molecule has 0 radical (unpaired) electrons. The molecule has 1 N–H and O–H groups in total. The van der Waals surface area contributed by atoms with Crippen molar-refractivity contribution in [2.45, 2.75) is 51.4 Å². The first-order valence-corrected chi connectivity index (χ1v) is 11.8. The molecule has 3 unspecified atom stereocenters. The van der Waals surface area contributed by atoms with Gasteiger partial charge in [-0.1, -0.05) is 55.5 Å². The van der Waals surface area contributed by atoms with Crippen LogP contribution in [0.25, 0.3) is 0 Å². The molecule has 9 heteroatoms. The predicted octanol–water partition coefficient (Wildman–Crippen LogP) is 3.71. The number of likely N-dealkylation sites (tertiary alicyclic amines) is 1. The number of esters is 1. The highest BCUT2D eigenvalue weighted by Gasteiger charge is 2.48. The molecule has 1 saturated carbocycles. The first-order valence-electron chi connectivity index (χ1n) is 11.0. The molecule has 0 bridgehead atoms. The maximum Gasteiger partial charge on any atom is 0.326 e. The zero-order chi connectivity index (χ0) is 23.3. The quantitative estimate of drug-likeness (QED) is 0.427. The Balaban J connectivity index is 1.47. The Kier molecular flexibility index (Phi) is 8.54. The normalized spacial score (nSPS) is 21.3. The van der Waals surface area contributed by atoms with Crippen molar-refractivity contribution < 1.29 is 23.9 Å². The summed E-state index contributed by atoms with van der Waals surface area (Å²) in [5.74, 6) is -2.48. The van der Waals surface area contributed by atoms with E-state index in [1.165, 1.54) is 0 Å². The summed E-state index contributed by atoms with van der Waals surface area (Å²) < 4.78 is 5.01. The highest BCUT2D eigenvalue weighted by molar-refractivity contribution is 6.35. The van der Waals surface area contributed by atoms with E-state index in [1.54, 1.807) is 12.1 Å². The van der Waals surface area contributed by atoms with Crippen molar-refractivity contribution in [1.29, 1.82) is 0 Å². The Labute approximate surface area is 197 Å². The van der Waals surface area contributed by atoms with Crippen LogP contribution in [-0.2, 0) is 23.9 Å². The molecule has 2 fully saturated rings. The lowest BCUT2D eigenvalue weighted by atomic mass is 9.81. The predicted molar refractivity (Wildman–Crippen MR) is 120 cm³/mol. The van der Waals surface area contributed by atoms with Crippen molar-refractivity contribution in [1.82, 2.24) is 10.2 Å². The third-order valence-electron chi connectivity index (χ3n) is 6.17. The molecule has 1 saturated heterocycles. The highest BCUT2D eigenvalue weighted by Crippen LogP contribution is 2.37. The van der Waals surface area contributed by atoms with E-state index in [1.807, 2.05) is 13.0 Å². The van der Waals surface area contributed by atoms with Gasteiger partial charge >= 0.3 is 5.97 Å². The third kappa shape index (κ3) is 5.81. The van der Waals surface area contributed by atoms with Crippen molar-refractivity contribution in [3.63, 3.8) is 0 Å². The van der Waals surface area contributed by atoms with Gasteiger partial charge in [-0.2, -0.15) is 0 Å². The second-order valence-corrected chi connectivity index (χ2v) is 9.22. The van der Waals surface area contributed by atoms with Crippen molar-refractivity contribution in [3.05, 3.63) is 33.8 Å². The molecule has 0 spiro atoms. The van der Waals surface area contributed by atoms with Crippen LogP contribution in [0.3, 0.4) is 0 Å². The van der Waals surface area contributed by atoms with Crippen LogP contribution in [0.1, 0.15) is 56.9 Å². The summed E-state index contributed by atoms with van der Waals surface area (Å²) in [6.45, 7) is 1.45. The molecule has 1 aromatic rings. The lowest BCUT2D eigenvalue weighted by Gasteiger charge is -2.19. The number of nitrogens with one attached hydrogen (secondary N) is 1. The summed E-state index contributed by atoms with van der Waals surface area (Å²) in [7, 11) is 0. The first-order chi connectivity index (χ1) is 15.3. The fourth-order valence-corrected chi connectivity index (χ4v) is 5.11. The van der Waals surface area contributed by atoms with Crippen LogP contribution >= 0.6 is 23.2 Å². The van der Waals surface area contributed by atoms with E-state index in [-0.39, 0.29) is 29.6 Å². The number of hydrogen-bond acceptors (Lipinski definition) is 5. The van der Waals surface area contributed by atoms with Gasteiger partial charge in [-0.15, -0.1) is 0 Å². The Morgan fingerprint density at radius 2 is 1.81 bits per heavy atom. The fourth-order valence-electron chi connectivity index (χ4n) is 4.54. The molecule has 3 atom stereocenters. The number of carbonyl (C=O) groups excluding carboxylic acids is 4. The monoisotopic (exact) mass is 482 g/mol. The van der Waals surface area contributed by atoms with Crippen LogP contribution in [0.15, 0.2) is 18.2 Å². The van der Waals surface area contributed by atoms with Gasteiger partial charge in [0.05, 0.1) is 11.8 Å². The molecule has 1 aliphatic carbocycles. The Morgan fingerprint density at radius 3 is 2.41 bits per heavy atom. The molecular formula is C23H28Cl2N2O5. The van der Waals surface area contributed by atoms with Gasteiger partial charge in [-0.3, -0.25) is 24.1 Å². The van der Waals surface area contributed by atoms with Crippen LogP contribution in [0.5, 0.6) is 0 Å². The SMILES string of the molecule is CCCC(CNC(=O)COC(=O)CN1C(=O)C2CCCCC2C1=O)c1ccc(Cl)cc1Cl. The van der Waals surface area contributed by atoms with Gasteiger partial charge in [-0.25, -0.2) is 0 Å². The van der Waals surface area contributed by atoms with Crippen molar-refractivity contribution >= 4 is 46.9 Å². The molecule has 1 heterocycles. The standard InChI is InChI=1S/C23H28Cl2N2O5/c1-2-5-14(16-9-8-15(24)10-19(16)25)11-26-20(28)13-32-21(29)12-27-22(30)17-6-3-4-7-18(17)23(27)31/h8-10,14,17-18H,2-7,11-13H2,1H3,(H,26,28). The number of hydrogen-bond donors (Lipinski definition) is 1. The number of benzene rings is 1. The van der Waals surface area contributed by atoms with E-state index in [0.29, 0.717) is 29.4 Å². The molecular weight excluding hydrogens is 455 g/mol. The molecule has 3 amide bonds. The Hall–Kier alpha value is -2.12. The second kappa shape index (κ2) is 11.1. The number of ether oxygens (including phenoxy) is 1. The summed E-state index contributed by atoms with van der Waals surface area (Å²) in [5.41, 5.74) is 0.891. The van der Waals surface area contributed by atoms with Gasteiger partial charge in [0.15, 0.2) is 6.61 Å². The van der Waals surface area contributed by atoms with Gasteiger partial charge in [-0.05, 0) is 37.0 Å². The average Bonchev–Trinajstić information content (AvgIpc) is 3.00. The summed E-state index contributed by atoms with van der Waals surface area (Å²) in [6.07, 6.45) is 4.90. The van der Waals surface area contributed by atoms with Crippen LogP contribution < -0.4 is 5.32 Å². The third-order valence-corrected chi connectivity index (χ3v) is 6.73. The number of halogens is 2. The number of amides is 3. The maximum atomic E-state index is 12.4. The van der Waals surface area contributed by atoms with Gasteiger partial charge in [0, 0.05) is 22.5 Å². The van der Waals surface area contributed by atoms with Gasteiger partial charge in [0.25, 0.3) is 5.91 Å². The van der Waals surface area contributed by atoms with Crippen molar-refractivity contribution in [2.24, 2.45) is 11.8 Å². The molecule has 32 heavy (non-hydrogen) atoms. The van der Waals surface area contributed by atoms with E-state index in [0.717, 1.165) is 36.1 Å². The molecule has 174 valence electrons. The lowest BCUT2D eigenvalue weighted by Crippen LogP contribution is -2.38. The molecule has 0 aromatic heterocycles. The summed E-state index contributed by atoms with van der Waals surface area (Å²) in [6, 6.07) is 5.27. The van der Waals surface area contributed by atoms with E-state index >= 15 is 0 Å². The van der Waals surface area contributed by atoms with Crippen molar-refractivity contribution in [2.75, 3.05) is 19.7 Å². The van der Waals surface area contributed by atoms with Gasteiger partial charge < -0.3 is 10.1 Å². The van der Waals surface area contributed by atoms with E-state index in [2.05, 4.69) is 5.32 Å². The van der Waals surface area contributed by atoms with Crippen molar-refractivity contribution in [3.8, 4) is 0 Å². The Morgan fingerprint density at radius 1 is 1.16 bits per heavy atom. The zero-order valence-corrected chi connectivity index (χ0v) is 19.6. The maximum absolute atomic E-state index is 12.4. The smallest absolute Gasteiger partial charge is 0.326 e. The van der Waals surface area contributed by atoms with Crippen LogP contribution in [0.4, 0.5) is 0 Å². The first kappa shape index (κ1) is 24.5. The van der Waals surface area contributed by atoms with Crippen LogP contribution in [0, 0.1) is 11.8 Å². The summed E-state index contributed by atoms with van der Waals surface area (Å²) in [5, 5.41) is 3.84. The topological polar surface area (TPSA) is 92.8 Å². The number of nitrogens with zero attached hydrogens (tertiary/aromatic N) is 1. The van der Waals surface area contributed by atoms with Gasteiger partial charge in [0.1, 0.15) is 6.54 Å². The number of imide groups is 1. The summed E-state index contributed by atoms with van der Waals surface area (Å²) in [4.78, 5) is 50.2. The minimum atomic E-state index is -0.772. The van der Waals surface area contributed by atoms with E-state index in [9.17, 15) is 19.2 Å². The highest BCUT2D eigenvalue weighted by atomic mass is 35.5. The molecule has 3 rings (SSSR count). The number of fused-ring (bicyclic) bond motifs is 1. The molecule has 1 aliphatic heterocycles. The van der Waals surface area contributed by atoms with E-state index < -0.39 is 25.0 Å². The number of rotatable bonds is 9. The average molecular weight is 483 g/mol. The second-order valence-electron chi connectivity index (χ2n) is 8.38. The Bertz CT molecular complexity index is 867.